The van der Waals surface area contributed by atoms with Crippen LogP contribution in [0.1, 0.15) is 11.1 Å². The van der Waals surface area contributed by atoms with E-state index in [0.29, 0.717) is 6.07 Å². The van der Waals surface area contributed by atoms with Gasteiger partial charge in [-0.3, -0.25) is 0 Å². The number of nitrogens with one attached hydrogen (secondary N) is 2. The number of anilines is 1. The second-order valence-electron chi connectivity index (χ2n) is 4.94. The Hall–Kier alpha value is -2.50. The maximum Gasteiger partial charge on any atom is 0.428 e. The number of hydrogen-bond donors (Lipinski definition) is 3. The SMILES string of the molecule is O=C1NN=C(c2ccc(NCC(O)C(F)(F)F)c(C(F)(F)F)c2)CO1. The molecule has 0 aliphatic carbocycles. The molecule has 0 radical (unpaired) electrons. The zero-order valence-electron chi connectivity index (χ0n) is 12.2. The van der Waals surface area contributed by atoms with Gasteiger partial charge in [0.05, 0.1) is 5.56 Å². The second-order valence-corrected chi connectivity index (χ2v) is 4.94. The molecule has 0 aromatic heterocycles. The summed E-state index contributed by atoms with van der Waals surface area (Å²) in [6, 6.07) is 2.72. The summed E-state index contributed by atoms with van der Waals surface area (Å²) in [5.41, 5.74) is 0.0163. The van der Waals surface area contributed by atoms with Crippen LogP contribution in [0, 0.1) is 0 Å². The summed E-state index contributed by atoms with van der Waals surface area (Å²) in [6.45, 7) is -1.51. The normalized spacial score (nSPS) is 16.6. The zero-order chi connectivity index (χ0) is 18.8. The van der Waals surface area contributed by atoms with Gasteiger partial charge in [0.25, 0.3) is 0 Å². The minimum atomic E-state index is -4.96. The van der Waals surface area contributed by atoms with Gasteiger partial charge in [0.2, 0.25) is 0 Å². The lowest BCUT2D eigenvalue weighted by Crippen LogP contribution is -2.35. The van der Waals surface area contributed by atoms with Gasteiger partial charge in [-0.2, -0.15) is 31.4 Å². The molecule has 12 heteroatoms. The van der Waals surface area contributed by atoms with Crippen LogP contribution in [-0.2, 0) is 10.9 Å². The molecule has 1 aromatic rings. The van der Waals surface area contributed by atoms with Gasteiger partial charge >= 0.3 is 18.4 Å². The van der Waals surface area contributed by atoms with Gasteiger partial charge in [-0.15, -0.1) is 0 Å². The summed E-state index contributed by atoms with van der Waals surface area (Å²) >= 11 is 0. The Kier molecular flexibility index (Phi) is 5.11. The van der Waals surface area contributed by atoms with Crippen LogP contribution in [0.15, 0.2) is 23.3 Å². The average Bonchev–Trinajstić information content (AvgIpc) is 2.51. The molecule has 0 fully saturated rings. The van der Waals surface area contributed by atoms with Crippen molar-refractivity contribution < 1.29 is 41.0 Å². The first kappa shape index (κ1) is 18.8. The summed E-state index contributed by atoms with van der Waals surface area (Å²) < 4.78 is 80.8. The number of benzene rings is 1. The van der Waals surface area contributed by atoms with E-state index in [2.05, 4.69) is 9.84 Å². The topological polar surface area (TPSA) is 83.0 Å². The number of aliphatic hydroxyl groups excluding tert-OH is 1. The number of cyclic esters (lactones) is 1. The maximum absolute atomic E-state index is 13.2. The molecular weight excluding hydrogens is 360 g/mol. The molecule has 138 valence electrons. The van der Waals surface area contributed by atoms with Crippen molar-refractivity contribution in [2.24, 2.45) is 5.10 Å². The molecule has 1 atom stereocenters. The van der Waals surface area contributed by atoms with E-state index in [1.165, 1.54) is 0 Å². The predicted octanol–water partition coefficient (Wildman–Crippen LogP) is 2.48. The van der Waals surface area contributed by atoms with E-state index in [0.717, 1.165) is 12.1 Å². The lowest BCUT2D eigenvalue weighted by molar-refractivity contribution is -0.198. The van der Waals surface area contributed by atoms with Crippen LogP contribution in [0.4, 0.5) is 36.8 Å². The van der Waals surface area contributed by atoms with Crippen LogP contribution >= 0.6 is 0 Å². The van der Waals surface area contributed by atoms with E-state index in [9.17, 15) is 31.1 Å². The fraction of sp³-hybridized carbons (Fsp3) is 0.385. The lowest BCUT2D eigenvalue weighted by Gasteiger charge is -2.20. The van der Waals surface area contributed by atoms with E-state index in [1.807, 2.05) is 10.7 Å². The van der Waals surface area contributed by atoms with Crippen molar-refractivity contribution >= 4 is 17.5 Å². The fourth-order valence-electron chi connectivity index (χ4n) is 1.89. The molecule has 1 amide bonds. The highest BCUT2D eigenvalue weighted by Gasteiger charge is 2.39. The summed E-state index contributed by atoms with van der Waals surface area (Å²) in [5, 5.41) is 14.4. The van der Waals surface area contributed by atoms with Crippen molar-refractivity contribution in [3.63, 3.8) is 0 Å². The number of carbonyl (C=O) groups is 1. The fourth-order valence-corrected chi connectivity index (χ4v) is 1.89. The lowest BCUT2D eigenvalue weighted by atomic mass is 10.0. The maximum atomic E-state index is 13.2. The van der Waals surface area contributed by atoms with Gasteiger partial charge in [0, 0.05) is 17.8 Å². The standard InChI is InChI=1S/C13H11F6N3O3/c14-12(15,16)7-3-6(9-5-25-11(24)22-21-9)1-2-8(7)20-4-10(23)13(17,18)19/h1-3,10,20,23H,4-5H2,(H,22,24). The number of amides is 1. The average molecular weight is 371 g/mol. The predicted molar refractivity (Wildman–Crippen MR) is 73.0 cm³/mol. The molecular formula is C13H11F6N3O3. The number of rotatable bonds is 4. The van der Waals surface area contributed by atoms with E-state index in [-0.39, 0.29) is 17.9 Å². The smallest absolute Gasteiger partial charge is 0.428 e. The van der Waals surface area contributed by atoms with Crippen LogP contribution in [0.3, 0.4) is 0 Å². The second kappa shape index (κ2) is 6.78. The van der Waals surface area contributed by atoms with E-state index in [4.69, 9.17) is 5.11 Å². The first-order valence-electron chi connectivity index (χ1n) is 6.68. The van der Waals surface area contributed by atoms with Crippen molar-refractivity contribution in [1.29, 1.82) is 0 Å². The summed E-state index contributed by atoms with van der Waals surface area (Å²) in [6.07, 6.45) is -13.5. The number of nitrogens with zero attached hydrogens (tertiary/aromatic N) is 1. The first-order chi connectivity index (χ1) is 11.5. The Morgan fingerprint density at radius 2 is 1.96 bits per heavy atom. The highest BCUT2D eigenvalue weighted by Crippen LogP contribution is 2.36. The molecule has 0 spiro atoms. The van der Waals surface area contributed by atoms with Crippen LogP contribution in [0.2, 0.25) is 0 Å². The molecule has 1 aliphatic rings. The molecule has 25 heavy (non-hydrogen) atoms. The van der Waals surface area contributed by atoms with Gasteiger partial charge < -0.3 is 15.2 Å². The Bertz CT molecular complexity index is 687. The van der Waals surface area contributed by atoms with Gasteiger partial charge in [-0.1, -0.05) is 6.07 Å². The van der Waals surface area contributed by atoms with Crippen molar-refractivity contribution in [2.45, 2.75) is 18.5 Å². The Labute approximate surface area is 136 Å². The number of hydrazone groups is 1. The highest BCUT2D eigenvalue weighted by atomic mass is 19.4. The Morgan fingerprint density at radius 1 is 1.28 bits per heavy atom. The third-order valence-electron chi connectivity index (χ3n) is 3.14. The molecule has 0 bridgehead atoms. The molecule has 1 aliphatic heterocycles. The Balaban J connectivity index is 2.27. The van der Waals surface area contributed by atoms with E-state index >= 15 is 0 Å². The number of halogens is 6. The largest absolute Gasteiger partial charge is 0.442 e. The van der Waals surface area contributed by atoms with Crippen molar-refractivity contribution in [1.82, 2.24) is 5.43 Å². The summed E-state index contributed by atoms with van der Waals surface area (Å²) in [5.74, 6) is 0. The molecule has 2 rings (SSSR count). The van der Waals surface area contributed by atoms with Crippen LogP contribution in [-0.4, -0.2) is 42.3 Å². The van der Waals surface area contributed by atoms with Gasteiger partial charge in [0.15, 0.2) is 6.10 Å². The first-order valence-corrected chi connectivity index (χ1v) is 6.68. The third-order valence-corrected chi connectivity index (χ3v) is 3.14. The molecule has 1 unspecified atom stereocenters. The van der Waals surface area contributed by atoms with Crippen molar-refractivity contribution in [3.8, 4) is 0 Å². The monoisotopic (exact) mass is 371 g/mol. The van der Waals surface area contributed by atoms with Crippen molar-refractivity contribution in [2.75, 3.05) is 18.5 Å². The minimum Gasteiger partial charge on any atom is -0.442 e. The molecule has 0 saturated heterocycles. The quantitative estimate of drug-likeness (QED) is 0.711. The van der Waals surface area contributed by atoms with E-state index in [1.54, 1.807) is 0 Å². The molecule has 1 aromatic carbocycles. The number of alkyl halides is 6. The highest BCUT2D eigenvalue weighted by molar-refractivity contribution is 6.04. The number of carbonyl (C=O) groups excluding carboxylic acids is 1. The number of ether oxygens (including phenoxy) is 1. The van der Waals surface area contributed by atoms with Crippen LogP contribution in [0.25, 0.3) is 0 Å². The summed E-state index contributed by atoms with van der Waals surface area (Å²) in [7, 11) is 0. The Morgan fingerprint density at radius 3 is 2.48 bits per heavy atom. The van der Waals surface area contributed by atoms with Crippen LogP contribution < -0.4 is 10.7 Å². The minimum absolute atomic E-state index is 0.00646. The van der Waals surface area contributed by atoms with Crippen molar-refractivity contribution in [3.05, 3.63) is 29.3 Å². The molecule has 0 saturated carbocycles. The van der Waals surface area contributed by atoms with Gasteiger partial charge in [-0.25, -0.2) is 10.2 Å². The van der Waals surface area contributed by atoms with Gasteiger partial charge in [-0.05, 0) is 12.1 Å². The third kappa shape index (κ3) is 4.75. The zero-order valence-corrected chi connectivity index (χ0v) is 12.2. The molecule has 3 N–H and O–H groups in total. The van der Waals surface area contributed by atoms with Crippen LogP contribution in [0.5, 0.6) is 0 Å². The molecule has 6 nitrogen and oxygen atoms in total. The van der Waals surface area contributed by atoms with Gasteiger partial charge in [0.1, 0.15) is 12.3 Å². The number of hydrogen-bond acceptors (Lipinski definition) is 5. The van der Waals surface area contributed by atoms with E-state index < -0.39 is 42.3 Å². The summed E-state index contributed by atoms with van der Waals surface area (Å²) in [4.78, 5) is 10.8. The number of aliphatic hydroxyl groups is 1. The molecule has 1 heterocycles.